The summed E-state index contributed by atoms with van der Waals surface area (Å²) in [5.41, 5.74) is 6.57. The molecule has 150 valence electrons. The predicted molar refractivity (Wildman–Crippen MR) is 111 cm³/mol. The number of amides is 2. The maximum atomic E-state index is 12.4. The summed E-state index contributed by atoms with van der Waals surface area (Å²) in [5, 5.41) is 0.871. The SMILES string of the molecule is Cc1c(C(=O)NNC(=O)c2ccc(N3CCC(C)CC3)nc2)oc2ccccc12. The van der Waals surface area contributed by atoms with Gasteiger partial charge in [-0.3, -0.25) is 20.4 Å². The van der Waals surface area contributed by atoms with E-state index in [2.05, 4.69) is 27.7 Å². The first-order chi connectivity index (χ1) is 14.0. The van der Waals surface area contributed by atoms with Gasteiger partial charge in [0, 0.05) is 30.2 Å². The molecule has 2 aromatic heterocycles. The third-order valence-corrected chi connectivity index (χ3v) is 5.46. The molecule has 7 heteroatoms. The molecule has 3 heterocycles. The molecular formula is C22H24N4O3. The number of nitrogens with zero attached hydrogens (tertiary/aromatic N) is 2. The van der Waals surface area contributed by atoms with Crippen molar-refractivity contribution in [2.24, 2.45) is 5.92 Å². The summed E-state index contributed by atoms with van der Waals surface area (Å²) in [6, 6.07) is 11.0. The number of piperidine rings is 1. The number of furan rings is 1. The Hall–Kier alpha value is -3.35. The van der Waals surface area contributed by atoms with Crippen LogP contribution in [0.15, 0.2) is 47.0 Å². The lowest BCUT2D eigenvalue weighted by atomic mass is 9.99. The van der Waals surface area contributed by atoms with Gasteiger partial charge >= 0.3 is 5.91 Å². The molecule has 2 amide bonds. The molecule has 29 heavy (non-hydrogen) atoms. The van der Waals surface area contributed by atoms with Crippen LogP contribution >= 0.6 is 0 Å². The fourth-order valence-electron chi connectivity index (χ4n) is 3.58. The van der Waals surface area contributed by atoms with Crippen molar-refractivity contribution in [1.29, 1.82) is 0 Å². The minimum absolute atomic E-state index is 0.180. The maximum absolute atomic E-state index is 12.4. The zero-order valence-electron chi connectivity index (χ0n) is 16.6. The Morgan fingerprint density at radius 2 is 1.79 bits per heavy atom. The molecule has 1 fully saturated rings. The lowest BCUT2D eigenvalue weighted by Gasteiger charge is -2.31. The van der Waals surface area contributed by atoms with Crippen LogP contribution in [0, 0.1) is 12.8 Å². The summed E-state index contributed by atoms with van der Waals surface area (Å²) >= 11 is 0. The smallest absolute Gasteiger partial charge is 0.305 e. The molecule has 0 radical (unpaired) electrons. The van der Waals surface area contributed by atoms with Crippen molar-refractivity contribution in [3.63, 3.8) is 0 Å². The number of fused-ring (bicyclic) bond motifs is 1. The minimum Gasteiger partial charge on any atom is -0.451 e. The molecule has 1 saturated heterocycles. The van der Waals surface area contributed by atoms with Crippen molar-refractivity contribution in [3.05, 3.63) is 59.5 Å². The van der Waals surface area contributed by atoms with Crippen LogP contribution in [0.25, 0.3) is 11.0 Å². The van der Waals surface area contributed by atoms with E-state index in [1.165, 1.54) is 6.20 Å². The Bertz CT molecular complexity index is 1030. The first-order valence-corrected chi connectivity index (χ1v) is 9.82. The third-order valence-electron chi connectivity index (χ3n) is 5.46. The van der Waals surface area contributed by atoms with Crippen LogP contribution in [0.1, 0.15) is 46.2 Å². The monoisotopic (exact) mass is 392 g/mol. The number of hydrazine groups is 1. The number of carbonyl (C=O) groups is 2. The van der Waals surface area contributed by atoms with Gasteiger partial charge in [-0.25, -0.2) is 4.98 Å². The van der Waals surface area contributed by atoms with Gasteiger partial charge in [0.05, 0.1) is 5.56 Å². The molecular weight excluding hydrogens is 368 g/mol. The molecule has 0 saturated carbocycles. The van der Waals surface area contributed by atoms with E-state index in [0.29, 0.717) is 11.1 Å². The normalized spacial score (nSPS) is 14.8. The van der Waals surface area contributed by atoms with E-state index in [-0.39, 0.29) is 5.76 Å². The lowest BCUT2D eigenvalue weighted by Crippen LogP contribution is -2.41. The number of pyridine rings is 1. The van der Waals surface area contributed by atoms with Crippen molar-refractivity contribution in [2.75, 3.05) is 18.0 Å². The van der Waals surface area contributed by atoms with Gasteiger partial charge in [0.1, 0.15) is 11.4 Å². The van der Waals surface area contributed by atoms with E-state index in [1.807, 2.05) is 31.2 Å². The molecule has 4 rings (SSSR count). The Morgan fingerprint density at radius 3 is 2.48 bits per heavy atom. The van der Waals surface area contributed by atoms with Gasteiger partial charge in [-0.15, -0.1) is 0 Å². The number of hydrogen-bond donors (Lipinski definition) is 2. The highest BCUT2D eigenvalue weighted by Gasteiger charge is 2.19. The highest BCUT2D eigenvalue weighted by Crippen LogP contribution is 2.24. The van der Waals surface area contributed by atoms with Crippen LogP contribution in [0.3, 0.4) is 0 Å². The summed E-state index contributed by atoms with van der Waals surface area (Å²) in [7, 11) is 0. The van der Waals surface area contributed by atoms with Crippen molar-refractivity contribution >= 4 is 28.6 Å². The summed E-state index contributed by atoms with van der Waals surface area (Å²) in [4.78, 5) is 31.4. The van der Waals surface area contributed by atoms with Crippen LogP contribution in [0.4, 0.5) is 5.82 Å². The Kier molecular flexibility index (Phi) is 5.20. The first-order valence-electron chi connectivity index (χ1n) is 9.82. The number of para-hydroxylation sites is 1. The van der Waals surface area contributed by atoms with E-state index in [4.69, 9.17) is 4.42 Å². The predicted octanol–water partition coefficient (Wildman–Crippen LogP) is 3.45. The van der Waals surface area contributed by atoms with Crippen molar-refractivity contribution in [3.8, 4) is 0 Å². The van der Waals surface area contributed by atoms with Gasteiger partial charge < -0.3 is 9.32 Å². The lowest BCUT2D eigenvalue weighted by molar-refractivity contribution is 0.0831. The molecule has 3 aromatic rings. The second-order valence-corrected chi connectivity index (χ2v) is 7.54. The van der Waals surface area contributed by atoms with Crippen LogP contribution in [0.2, 0.25) is 0 Å². The van der Waals surface area contributed by atoms with Gasteiger partial charge in [-0.05, 0) is 43.9 Å². The molecule has 0 spiro atoms. The number of benzene rings is 1. The van der Waals surface area contributed by atoms with E-state index in [9.17, 15) is 9.59 Å². The minimum atomic E-state index is -0.501. The van der Waals surface area contributed by atoms with Gasteiger partial charge in [-0.2, -0.15) is 0 Å². The molecule has 1 aliphatic heterocycles. The van der Waals surface area contributed by atoms with Crippen LogP contribution < -0.4 is 15.8 Å². The van der Waals surface area contributed by atoms with Crippen LogP contribution in [-0.2, 0) is 0 Å². The van der Waals surface area contributed by atoms with Crippen molar-refractivity contribution in [2.45, 2.75) is 26.7 Å². The number of hydrogen-bond acceptors (Lipinski definition) is 5. The Morgan fingerprint density at radius 1 is 1.07 bits per heavy atom. The highest BCUT2D eigenvalue weighted by molar-refractivity contribution is 6.01. The quantitative estimate of drug-likeness (QED) is 0.667. The molecule has 7 nitrogen and oxygen atoms in total. The van der Waals surface area contributed by atoms with E-state index < -0.39 is 11.8 Å². The Labute approximate surface area is 169 Å². The summed E-state index contributed by atoms with van der Waals surface area (Å²) < 4.78 is 5.61. The number of nitrogens with one attached hydrogen (secondary N) is 2. The zero-order chi connectivity index (χ0) is 20.4. The fourth-order valence-corrected chi connectivity index (χ4v) is 3.58. The van der Waals surface area contributed by atoms with Crippen LogP contribution in [0.5, 0.6) is 0 Å². The summed E-state index contributed by atoms with van der Waals surface area (Å²) in [6.07, 6.45) is 3.83. The number of rotatable bonds is 3. The third kappa shape index (κ3) is 3.94. The largest absolute Gasteiger partial charge is 0.451 e. The standard InChI is InChI=1S/C22H24N4O3/c1-14-9-11-26(12-10-14)19-8-7-16(13-23-19)21(27)24-25-22(28)20-15(2)17-5-3-4-6-18(17)29-20/h3-8,13-14H,9-12H2,1-2H3,(H,24,27)(H,25,28). The van der Waals surface area contributed by atoms with Crippen molar-refractivity contribution in [1.82, 2.24) is 15.8 Å². The molecule has 1 aliphatic rings. The van der Waals surface area contributed by atoms with E-state index in [0.717, 1.165) is 48.6 Å². The van der Waals surface area contributed by atoms with Gasteiger partial charge in [0.15, 0.2) is 5.76 Å². The number of carbonyl (C=O) groups excluding carboxylic acids is 2. The second-order valence-electron chi connectivity index (χ2n) is 7.54. The first kappa shape index (κ1) is 19.0. The number of aryl methyl sites for hydroxylation is 1. The fraction of sp³-hybridized carbons (Fsp3) is 0.318. The molecule has 0 unspecified atom stereocenters. The highest BCUT2D eigenvalue weighted by atomic mass is 16.3. The van der Waals surface area contributed by atoms with Crippen molar-refractivity contribution < 1.29 is 14.0 Å². The topological polar surface area (TPSA) is 87.5 Å². The molecule has 0 bridgehead atoms. The zero-order valence-corrected chi connectivity index (χ0v) is 16.6. The maximum Gasteiger partial charge on any atom is 0.305 e. The van der Waals surface area contributed by atoms with Gasteiger partial charge in [0.25, 0.3) is 5.91 Å². The number of aromatic nitrogens is 1. The molecule has 1 aromatic carbocycles. The van der Waals surface area contributed by atoms with Gasteiger partial charge in [-0.1, -0.05) is 25.1 Å². The summed E-state index contributed by atoms with van der Waals surface area (Å²) in [6.45, 7) is 6.03. The molecule has 0 atom stereocenters. The molecule has 2 N–H and O–H groups in total. The Balaban J connectivity index is 1.37. The van der Waals surface area contributed by atoms with Crippen LogP contribution in [-0.4, -0.2) is 29.9 Å². The van der Waals surface area contributed by atoms with Gasteiger partial charge in [0.2, 0.25) is 0 Å². The van der Waals surface area contributed by atoms with E-state index >= 15 is 0 Å². The van der Waals surface area contributed by atoms with E-state index in [1.54, 1.807) is 12.1 Å². The number of anilines is 1. The average molecular weight is 392 g/mol. The molecule has 0 aliphatic carbocycles. The average Bonchev–Trinajstić information content (AvgIpc) is 3.09. The second kappa shape index (κ2) is 7.95. The summed E-state index contributed by atoms with van der Waals surface area (Å²) in [5.74, 6) is 0.863.